The average molecular weight is 290 g/mol. The Morgan fingerprint density at radius 1 is 0.800 bits per heavy atom. The second kappa shape index (κ2) is 6.98. The van der Waals surface area contributed by atoms with E-state index in [0.717, 1.165) is 22.8 Å². The molecule has 3 rings (SSSR count). The summed E-state index contributed by atoms with van der Waals surface area (Å²) in [6, 6.07) is 17.9. The van der Waals surface area contributed by atoms with Crippen LogP contribution in [0.1, 0.15) is 11.5 Å². The monoisotopic (exact) mass is 289 g/mol. The van der Waals surface area contributed by atoms with Crippen LogP contribution in [0.2, 0.25) is 0 Å². The fourth-order valence-electron chi connectivity index (χ4n) is 1.95. The van der Waals surface area contributed by atoms with Gasteiger partial charge in [0.15, 0.2) is 0 Å². The molecule has 1 aromatic carbocycles. The number of nitrogens with one attached hydrogen (secondary N) is 1. The molecule has 0 aliphatic carbocycles. The van der Waals surface area contributed by atoms with E-state index in [1.807, 2.05) is 54.6 Å². The molecule has 20 heavy (non-hydrogen) atoms. The van der Waals surface area contributed by atoms with Crippen LogP contribution in [-0.4, -0.2) is 0 Å². The van der Waals surface area contributed by atoms with Gasteiger partial charge in [0.05, 0.1) is 19.4 Å². The molecule has 104 valence electrons. The van der Waals surface area contributed by atoms with Crippen molar-refractivity contribution in [2.45, 2.75) is 13.1 Å². The molecular formula is C16H16ClNO2. The summed E-state index contributed by atoms with van der Waals surface area (Å²) in [5.41, 5.74) is 1.10. The topological polar surface area (TPSA) is 38.3 Å². The lowest BCUT2D eigenvalue weighted by atomic mass is 10.2. The van der Waals surface area contributed by atoms with Gasteiger partial charge in [0.2, 0.25) is 0 Å². The van der Waals surface area contributed by atoms with Gasteiger partial charge < -0.3 is 14.2 Å². The van der Waals surface area contributed by atoms with E-state index in [1.165, 1.54) is 0 Å². The SMILES string of the molecule is Cl.c1ccc(-c2ccc(CNCc3ccco3)o2)cc1. The minimum atomic E-state index is 0. The second-order valence-corrected chi connectivity index (χ2v) is 4.31. The molecule has 0 atom stereocenters. The molecule has 0 saturated carbocycles. The van der Waals surface area contributed by atoms with E-state index >= 15 is 0 Å². The van der Waals surface area contributed by atoms with E-state index in [9.17, 15) is 0 Å². The van der Waals surface area contributed by atoms with Gasteiger partial charge in [-0.3, -0.25) is 0 Å². The van der Waals surface area contributed by atoms with Crippen molar-refractivity contribution in [2.75, 3.05) is 0 Å². The summed E-state index contributed by atoms with van der Waals surface area (Å²) in [6.45, 7) is 1.39. The van der Waals surface area contributed by atoms with Crippen LogP contribution in [0.5, 0.6) is 0 Å². The Morgan fingerprint density at radius 2 is 1.60 bits per heavy atom. The zero-order valence-corrected chi connectivity index (χ0v) is 11.7. The number of benzene rings is 1. The Labute approximate surface area is 124 Å². The number of hydrogen-bond donors (Lipinski definition) is 1. The van der Waals surface area contributed by atoms with Crippen molar-refractivity contribution < 1.29 is 8.83 Å². The first kappa shape index (κ1) is 14.4. The molecular weight excluding hydrogens is 274 g/mol. The molecule has 0 spiro atoms. The highest BCUT2D eigenvalue weighted by Crippen LogP contribution is 2.21. The molecule has 0 aliphatic heterocycles. The maximum atomic E-state index is 5.80. The van der Waals surface area contributed by atoms with Crippen LogP contribution in [-0.2, 0) is 13.1 Å². The van der Waals surface area contributed by atoms with Crippen LogP contribution in [0, 0.1) is 0 Å². The molecule has 0 radical (unpaired) electrons. The van der Waals surface area contributed by atoms with E-state index in [-0.39, 0.29) is 12.4 Å². The molecule has 0 saturated heterocycles. The predicted molar refractivity (Wildman–Crippen MR) is 80.6 cm³/mol. The first-order chi connectivity index (χ1) is 9.42. The first-order valence-corrected chi connectivity index (χ1v) is 6.29. The van der Waals surface area contributed by atoms with Crippen molar-refractivity contribution in [2.24, 2.45) is 0 Å². The van der Waals surface area contributed by atoms with E-state index in [4.69, 9.17) is 8.83 Å². The minimum absolute atomic E-state index is 0. The van der Waals surface area contributed by atoms with Gasteiger partial charge in [0.1, 0.15) is 17.3 Å². The summed E-state index contributed by atoms with van der Waals surface area (Å²) in [7, 11) is 0. The molecule has 4 heteroatoms. The first-order valence-electron chi connectivity index (χ1n) is 6.29. The fourth-order valence-corrected chi connectivity index (χ4v) is 1.95. The zero-order chi connectivity index (χ0) is 12.9. The smallest absolute Gasteiger partial charge is 0.134 e. The van der Waals surface area contributed by atoms with Gasteiger partial charge in [-0.1, -0.05) is 30.3 Å². The van der Waals surface area contributed by atoms with Crippen molar-refractivity contribution in [3.8, 4) is 11.3 Å². The maximum absolute atomic E-state index is 5.80. The van der Waals surface area contributed by atoms with E-state index in [2.05, 4.69) is 5.32 Å². The largest absolute Gasteiger partial charge is 0.468 e. The van der Waals surface area contributed by atoms with Gasteiger partial charge in [0.25, 0.3) is 0 Å². The lowest BCUT2D eigenvalue weighted by Gasteiger charge is -2.00. The van der Waals surface area contributed by atoms with Crippen LogP contribution in [0.3, 0.4) is 0 Å². The second-order valence-electron chi connectivity index (χ2n) is 4.31. The average Bonchev–Trinajstić information content (AvgIpc) is 3.11. The van der Waals surface area contributed by atoms with Gasteiger partial charge in [-0.25, -0.2) is 0 Å². The van der Waals surface area contributed by atoms with E-state index in [1.54, 1.807) is 6.26 Å². The Bertz CT molecular complexity index is 617. The Hall–Kier alpha value is -1.97. The third kappa shape index (κ3) is 3.53. The van der Waals surface area contributed by atoms with Crippen LogP contribution < -0.4 is 5.32 Å². The molecule has 1 N–H and O–H groups in total. The van der Waals surface area contributed by atoms with Crippen molar-refractivity contribution in [1.29, 1.82) is 0 Å². The van der Waals surface area contributed by atoms with Crippen molar-refractivity contribution in [3.05, 3.63) is 72.4 Å². The Kier molecular flexibility index (Phi) is 5.04. The number of furan rings is 2. The van der Waals surface area contributed by atoms with Crippen LogP contribution in [0.15, 0.2) is 69.7 Å². The summed E-state index contributed by atoms with van der Waals surface area (Å²) in [6.07, 6.45) is 1.68. The van der Waals surface area contributed by atoms with Crippen molar-refractivity contribution in [1.82, 2.24) is 5.32 Å². The highest BCUT2D eigenvalue weighted by molar-refractivity contribution is 5.85. The van der Waals surface area contributed by atoms with Crippen LogP contribution in [0.25, 0.3) is 11.3 Å². The molecule has 2 heterocycles. The Balaban J connectivity index is 0.00000147. The molecule has 2 aromatic heterocycles. The molecule has 3 aromatic rings. The Morgan fingerprint density at radius 3 is 2.35 bits per heavy atom. The van der Waals surface area contributed by atoms with Crippen LogP contribution >= 0.6 is 12.4 Å². The summed E-state index contributed by atoms with van der Waals surface area (Å²) in [4.78, 5) is 0. The van der Waals surface area contributed by atoms with E-state index < -0.39 is 0 Å². The molecule has 0 unspecified atom stereocenters. The molecule has 0 amide bonds. The fraction of sp³-hybridized carbons (Fsp3) is 0.125. The third-order valence-corrected chi connectivity index (χ3v) is 2.90. The zero-order valence-electron chi connectivity index (χ0n) is 10.9. The van der Waals surface area contributed by atoms with Crippen molar-refractivity contribution in [3.63, 3.8) is 0 Å². The number of rotatable bonds is 5. The van der Waals surface area contributed by atoms with Gasteiger partial charge in [0, 0.05) is 5.56 Å². The highest BCUT2D eigenvalue weighted by atomic mass is 35.5. The molecule has 0 fully saturated rings. The molecule has 3 nitrogen and oxygen atoms in total. The van der Waals surface area contributed by atoms with Gasteiger partial charge in [-0.2, -0.15) is 0 Å². The van der Waals surface area contributed by atoms with Gasteiger partial charge in [-0.05, 0) is 24.3 Å². The van der Waals surface area contributed by atoms with Crippen molar-refractivity contribution >= 4 is 12.4 Å². The number of halogens is 1. The molecule has 0 bridgehead atoms. The lowest BCUT2D eigenvalue weighted by molar-refractivity contribution is 0.455. The quantitative estimate of drug-likeness (QED) is 0.763. The normalized spacial score (nSPS) is 10.2. The van der Waals surface area contributed by atoms with Gasteiger partial charge >= 0.3 is 0 Å². The standard InChI is InChI=1S/C16H15NO2.ClH/c1-2-5-13(6-3-1)16-9-8-15(19-16)12-17-11-14-7-4-10-18-14;/h1-10,17H,11-12H2;1H. The lowest BCUT2D eigenvalue weighted by Crippen LogP contribution is -2.11. The molecule has 0 aliphatic rings. The van der Waals surface area contributed by atoms with Crippen LogP contribution in [0.4, 0.5) is 0 Å². The van der Waals surface area contributed by atoms with E-state index in [0.29, 0.717) is 13.1 Å². The highest BCUT2D eigenvalue weighted by Gasteiger charge is 2.04. The minimum Gasteiger partial charge on any atom is -0.468 e. The van der Waals surface area contributed by atoms with Gasteiger partial charge in [-0.15, -0.1) is 12.4 Å². The summed E-state index contributed by atoms with van der Waals surface area (Å²) in [5.74, 6) is 2.75. The predicted octanol–water partition coefficient (Wildman–Crippen LogP) is 4.25. The third-order valence-electron chi connectivity index (χ3n) is 2.90. The summed E-state index contributed by atoms with van der Waals surface area (Å²) in [5, 5.41) is 3.28. The number of hydrogen-bond acceptors (Lipinski definition) is 3. The summed E-state index contributed by atoms with van der Waals surface area (Å²) < 4.78 is 11.0. The maximum Gasteiger partial charge on any atom is 0.134 e. The summed E-state index contributed by atoms with van der Waals surface area (Å²) >= 11 is 0.